The third kappa shape index (κ3) is 6.13. The van der Waals surface area contributed by atoms with Crippen LogP contribution in [0, 0.1) is 12.7 Å². The van der Waals surface area contributed by atoms with Crippen molar-refractivity contribution in [1.82, 2.24) is 14.9 Å². The molecule has 0 radical (unpaired) electrons. The van der Waals surface area contributed by atoms with Gasteiger partial charge >= 0.3 is 0 Å². The van der Waals surface area contributed by atoms with Gasteiger partial charge < -0.3 is 25.8 Å². The maximum absolute atomic E-state index is 14.9. The second-order valence-electron chi connectivity index (χ2n) is 8.33. The lowest BCUT2D eigenvalue weighted by atomic mass is 10.2. The average Bonchev–Trinajstić information content (AvgIpc) is 2.87. The van der Waals surface area contributed by atoms with Crippen LogP contribution in [-0.4, -0.2) is 53.5 Å². The Kier molecular flexibility index (Phi) is 7.57. The lowest BCUT2D eigenvalue weighted by molar-refractivity contribution is -0.111. The van der Waals surface area contributed by atoms with Crippen molar-refractivity contribution >= 4 is 40.4 Å². The van der Waals surface area contributed by atoms with Gasteiger partial charge in [-0.3, -0.25) is 4.79 Å². The van der Waals surface area contributed by atoms with Crippen LogP contribution in [0.5, 0.6) is 0 Å². The molecule has 3 aromatic rings. The van der Waals surface area contributed by atoms with Gasteiger partial charge in [-0.05, 0) is 55.9 Å². The number of aryl methyl sites for hydroxylation is 1. The molecule has 0 atom stereocenters. The first-order valence-electron chi connectivity index (χ1n) is 11.6. The van der Waals surface area contributed by atoms with Gasteiger partial charge in [-0.15, -0.1) is 0 Å². The van der Waals surface area contributed by atoms with Crippen molar-refractivity contribution in [2.45, 2.75) is 13.8 Å². The minimum Gasteiger partial charge on any atom is -0.369 e. The molecule has 1 aromatic heterocycles. The van der Waals surface area contributed by atoms with Crippen LogP contribution < -0.4 is 20.9 Å². The Morgan fingerprint density at radius 1 is 1.11 bits per heavy atom. The molecule has 8 nitrogen and oxygen atoms in total. The molecule has 1 aliphatic heterocycles. The number of benzene rings is 2. The highest BCUT2D eigenvalue weighted by atomic mass is 19.1. The van der Waals surface area contributed by atoms with E-state index in [-0.39, 0.29) is 17.7 Å². The number of rotatable bonds is 8. The lowest BCUT2D eigenvalue weighted by Crippen LogP contribution is -2.46. The monoisotopic (exact) mass is 475 g/mol. The van der Waals surface area contributed by atoms with Crippen LogP contribution in [0.1, 0.15) is 12.5 Å². The Hall–Kier alpha value is -3.98. The molecule has 1 aliphatic rings. The molecule has 1 fully saturated rings. The van der Waals surface area contributed by atoms with Crippen molar-refractivity contribution in [1.29, 1.82) is 0 Å². The molecule has 0 spiro atoms. The van der Waals surface area contributed by atoms with Gasteiger partial charge in [0.1, 0.15) is 11.6 Å². The van der Waals surface area contributed by atoms with Gasteiger partial charge in [0, 0.05) is 55.0 Å². The number of hydrogen-bond donors (Lipinski definition) is 3. The SMILES string of the molecule is C=CC(=O)Nc1cccc(Nc2nc(Nc3ccc(N4CCN(CC)CC4)cc3F)ncc2C)c1. The van der Waals surface area contributed by atoms with E-state index in [0.29, 0.717) is 17.2 Å². The summed E-state index contributed by atoms with van der Waals surface area (Å²) in [6, 6.07) is 12.4. The van der Waals surface area contributed by atoms with Crippen molar-refractivity contribution in [3.05, 3.63) is 72.7 Å². The molecule has 4 rings (SSSR count). The summed E-state index contributed by atoms with van der Waals surface area (Å²) in [5, 5.41) is 8.94. The number of likely N-dealkylation sites (N-methyl/N-ethyl adjacent to an activating group) is 1. The molecular formula is C26H30FN7O. The Bertz CT molecular complexity index is 1210. The first-order chi connectivity index (χ1) is 16.9. The normalized spacial score (nSPS) is 13.9. The predicted molar refractivity (Wildman–Crippen MR) is 139 cm³/mol. The number of piperazine rings is 1. The highest BCUT2D eigenvalue weighted by Gasteiger charge is 2.17. The summed E-state index contributed by atoms with van der Waals surface area (Å²) >= 11 is 0. The van der Waals surface area contributed by atoms with Gasteiger partial charge in [0.05, 0.1) is 5.69 Å². The van der Waals surface area contributed by atoms with E-state index in [1.807, 2.05) is 25.1 Å². The molecule has 0 unspecified atom stereocenters. The topological polar surface area (TPSA) is 85.4 Å². The van der Waals surface area contributed by atoms with Crippen molar-refractivity contribution in [2.24, 2.45) is 0 Å². The molecule has 182 valence electrons. The maximum Gasteiger partial charge on any atom is 0.247 e. The third-order valence-electron chi connectivity index (χ3n) is 5.93. The largest absolute Gasteiger partial charge is 0.369 e. The zero-order valence-corrected chi connectivity index (χ0v) is 20.0. The zero-order valence-electron chi connectivity index (χ0n) is 20.0. The van der Waals surface area contributed by atoms with Crippen LogP contribution in [0.25, 0.3) is 0 Å². The molecule has 0 aliphatic carbocycles. The van der Waals surface area contributed by atoms with Crippen LogP contribution >= 0.6 is 0 Å². The number of nitrogens with zero attached hydrogens (tertiary/aromatic N) is 4. The van der Waals surface area contributed by atoms with E-state index in [9.17, 15) is 9.18 Å². The van der Waals surface area contributed by atoms with Gasteiger partial charge in [0.25, 0.3) is 0 Å². The van der Waals surface area contributed by atoms with Gasteiger partial charge in [-0.25, -0.2) is 9.37 Å². The zero-order chi connectivity index (χ0) is 24.8. The van der Waals surface area contributed by atoms with Crippen LogP contribution in [0.15, 0.2) is 61.3 Å². The fraction of sp³-hybridized carbons (Fsp3) is 0.269. The first-order valence-corrected chi connectivity index (χ1v) is 11.6. The number of amides is 1. The van der Waals surface area contributed by atoms with Crippen molar-refractivity contribution < 1.29 is 9.18 Å². The van der Waals surface area contributed by atoms with Crippen molar-refractivity contribution in [3.8, 4) is 0 Å². The Morgan fingerprint density at radius 3 is 2.60 bits per heavy atom. The van der Waals surface area contributed by atoms with Crippen LogP contribution in [0.2, 0.25) is 0 Å². The summed E-state index contributed by atoms with van der Waals surface area (Å²) in [5.41, 5.74) is 3.36. The van der Waals surface area contributed by atoms with E-state index >= 15 is 0 Å². The van der Waals surface area contributed by atoms with Crippen molar-refractivity contribution in [3.63, 3.8) is 0 Å². The standard InChI is InChI=1S/C26H30FN7O/c1-4-24(35)29-19-7-6-8-20(15-19)30-25-18(3)17-28-26(32-25)31-23-10-9-21(16-22(23)27)34-13-11-33(5-2)12-14-34/h4,6-10,15-17H,1,5,11-14H2,2-3H3,(H,29,35)(H2,28,30,31,32). The summed E-state index contributed by atoms with van der Waals surface area (Å²) in [6.07, 6.45) is 2.88. The summed E-state index contributed by atoms with van der Waals surface area (Å²) in [4.78, 5) is 25.0. The highest BCUT2D eigenvalue weighted by molar-refractivity contribution is 5.99. The second-order valence-corrected chi connectivity index (χ2v) is 8.33. The summed E-state index contributed by atoms with van der Waals surface area (Å²) < 4.78 is 14.9. The number of halogens is 1. The van der Waals surface area contributed by atoms with Crippen LogP contribution in [0.3, 0.4) is 0 Å². The van der Waals surface area contributed by atoms with E-state index in [1.54, 1.807) is 30.5 Å². The van der Waals surface area contributed by atoms with Gasteiger partial charge in [-0.1, -0.05) is 19.6 Å². The van der Waals surface area contributed by atoms with E-state index in [4.69, 9.17) is 0 Å². The molecule has 9 heteroatoms. The fourth-order valence-electron chi connectivity index (χ4n) is 3.88. The number of hydrogen-bond acceptors (Lipinski definition) is 7. The quantitative estimate of drug-likeness (QED) is 0.408. The average molecular weight is 476 g/mol. The number of aromatic nitrogens is 2. The van der Waals surface area contributed by atoms with Crippen LogP contribution in [-0.2, 0) is 4.79 Å². The minimum atomic E-state index is -0.357. The molecule has 35 heavy (non-hydrogen) atoms. The Labute approximate surface area is 204 Å². The minimum absolute atomic E-state index is 0.275. The summed E-state index contributed by atoms with van der Waals surface area (Å²) in [6.45, 7) is 12.3. The molecule has 1 saturated heterocycles. The lowest BCUT2D eigenvalue weighted by Gasteiger charge is -2.35. The van der Waals surface area contributed by atoms with Gasteiger partial charge in [0.2, 0.25) is 11.9 Å². The van der Waals surface area contributed by atoms with E-state index in [1.165, 1.54) is 6.08 Å². The molecule has 2 heterocycles. The Balaban J connectivity index is 1.46. The van der Waals surface area contributed by atoms with E-state index in [0.717, 1.165) is 49.7 Å². The summed E-state index contributed by atoms with van der Waals surface area (Å²) in [7, 11) is 0. The summed E-state index contributed by atoms with van der Waals surface area (Å²) in [5.74, 6) is 0.200. The molecule has 3 N–H and O–H groups in total. The molecule has 2 aromatic carbocycles. The van der Waals surface area contributed by atoms with E-state index < -0.39 is 0 Å². The maximum atomic E-state index is 14.9. The first kappa shape index (κ1) is 24.2. The number of carbonyl (C=O) groups excluding carboxylic acids is 1. The number of anilines is 6. The predicted octanol–water partition coefficient (Wildman–Crippen LogP) is 4.68. The number of carbonyl (C=O) groups is 1. The smallest absolute Gasteiger partial charge is 0.247 e. The van der Waals surface area contributed by atoms with Crippen LogP contribution in [0.4, 0.5) is 38.9 Å². The second kappa shape index (κ2) is 11.0. The fourth-order valence-corrected chi connectivity index (χ4v) is 3.88. The molecule has 0 saturated carbocycles. The number of nitrogens with one attached hydrogen (secondary N) is 3. The molecule has 0 bridgehead atoms. The molecular weight excluding hydrogens is 445 g/mol. The van der Waals surface area contributed by atoms with Crippen molar-refractivity contribution in [2.75, 3.05) is 53.6 Å². The van der Waals surface area contributed by atoms with E-state index in [2.05, 4.69) is 49.2 Å². The third-order valence-corrected chi connectivity index (χ3v) is 5.93. The molecule has 1 amide bonds. The highest BCUT2D eigenvalue weighted by Crippen LogP contribution is 2.26. The Morgan fingerprint density at radius 2 is 1.89 bits per heavy atom. The van der Waals surface area contributed by atoms with Gasteiger partial charge in [0.15, 0.2) is 0 Å². The van der Waals surface area contributed by atoms with Gasteiger partial charge in [-0.2, -0.15) is 4.98 Å².